The quantitative estimate of drug-likeness (QED) is 0.305. The third-order valence-corrected chi connectivity index (χ3v) is 7.33. The van der Waals surface area contributed by atoms with Crippen LogP contribution < -0.4 is 5.32 Å². The lowest BCUT2D eigenvalue weighted by atomic mass is 10.1. The van der Waals surface area contributed by atoms with Gasteiger partial charge in [0.2, 0.25) is 0 Å². The number of aliphatic carboxylic acids is 1. The lowest BCUT2D eigenvalue weighted by molar-refractivity contribution is -0.140. The van der Waals surface area contributed by atoms with E-state index in [1.165, 1.54) is 22.9 Å². The van der Waals surface area contributed by atoms with Crippen LogP contribution in [0.2, 0.25) is 0 Å². The molecule has 1 saturated heterocycles. The number of carboxylic acids is 1. The second kappa shape index (κ2) is 13.5. The molecule has 1 atom stereocenters. The predicted octanol–water partition coefficient (Wildman–Crippen LogP) is 4.03. The molecule has 1 aromatic carbocycles. The Kier molecular flexibility index (Phi) is 11.1. The van der Waals surface area contributed by atoms with E-state index in [-0.39, 0.29) is 5.91 Å². The van der Waals surface area contributed by atoms with E-state index in [4.69, 9.17) is 0 Å². The van der Waals surface area contributed by atoms with E-state index in [1.807, 2.05) is 12.1 Å². The number of carbonyl (C=O) groups is 2. The van der Waals surface area contributed by atoms with Crippen LogP contribution in [0.3, 0.4) is 0 Å². The predicted molar refractivity (Wildman–Crippen MR) is 131 cm³/mol. The molecular weight excluding hydrogens is 448 g/mol. The van der Waals surface area contributed by atoms with Gasteiger partial charge >= 0.3 is 5.97 Å². The molecule has 1 aliphatic heterocycles. The lowest BCUT2D eigenvalue weighted by Gasteiger charge is -2.20. The molecule has 1 fully saturated rings. The summed E-state index contributed by atoms with van der Waals surface area (Å²) in [6.07, 6.45) is 12.8. The van der Waals surface area contributed by atoms with Gasteiger partial charge in [0, 0.05) is 35.6 Å². The van der Waals surface area contributed by atoms with E-state index < -0.39 is 21.8 Å². The molecule has 1 amide bonds. The number of benzene rings is 1. The van der Waals surface area contributed by atoms with Crippen LogP contribution in [0.4, 0.5) is 5.69 Å². The van der Waals surface area contributed by atoms with Gasteiger partial charge in [0.15, 0.2) is 0 Å². The molecule has 1 heterocycles. The summed E-state index contributed by atoms with van der Waals surface area (Å²) in [7, 11) is -2.82. The van der Waals surface area contributed by atoms with E-state index in [0.29, 0.717) is 29.5 Å². The van der Waals surface area contributed by atoms with Crippen molar-refractivity contribution in [3.05, 3.63) is 42.0 Å². The number of anilines is 1. The molecule has 2 rings (SSSR count). The van der Waals surface area contributed by atoms with Crippen molar-refractivity contribution in [2.45, 2.75) is 51.0 Å². The molecule has 1 aliphatic rings. The van der Waals surface area contributed by atoms with Crippen LogP contribution in [0.5, 0.6) is 0 Å². The molecule has 9 heteroatoms. The Morgan fingerprint density at radius 3 is 2.41 bits per heavy atom. The van der Waals surface area contributed by atoms with Gasteiger partial charge in [-0.2, -0.15) is 0 Å². The fourth-order valence-electron chi connectivity index (χ4n) is 3.46. The summed E-state index contributed by atoms with van der Waals surface area (Å²) in [4.78, 5) is 25.2. The molecule has 7 nitrogen and oxygen atoms in total. The highest BCUT2D eigenvalue weighted by atomic mass is 32.2. The number of nitrogens with zero attached hydrogens (tertiary/aromatic N) is 1. The minimum atomic E-state index is -2.82. The molecule has 0 saturated carbocycles. The zero-order chi connectivity index (χ0) is 23.4. The van der Waals surface area contributed by atoms with E-state index in [1.54, 1.807) is 12.1 Å². The number of unbranched alkanes of at least 4 members (excludes halogenated alkanes) is 6. The molecule has 0 spiro atoms. The topological polar surface area (TPSA) is 104 Å². The van der Waals surface area contributed by atoms with Crippen molar-refractivity contribution in [1.29, 1.82) is 0 Å². The number of thioether (sulfide) groups is 1. The van der Waals surface area contributed by atoms with Crippen molar-refractivity contribution >= 4 is 39.2 Å². The van der Waals surface area contributed by atoms with Gasteiger partial charge in [0.1, 0.15) is 15.9 Å². The Morgan fingerprint density at radius 1 is 1.09 bits per heavy atom. The Labute approximate surface area is 195 Å². The number of nitrogens with one attached hydrogen (secondary N) is 1. The summed E-state index contributed by atoms with van der Waals surface area (Å²) in [5.74, 6) is -0.0745. The van der Waals surface area contributed by atoms with Crippen LogP contribution in [0.1, 0.15) is 55.3 Å². The molecule has 0 aromatic heterocycles. The summed E-state index contributed by atoms with van der Waals surface area (Å²) >= 11 is 1.45. The van der Waals surface area contributed by atoms with Crippen LogP contribution in [0.25, 0.3) is 0 Å². The highest BCUT2D eigenvalue weighted by Gasteiger charge is 2.34. The number of carbonyl (C=O) groups excluding carboxylic acids is 1. The third kappa shape index (κ3) is 9.65. The smallest absolute Gasteiger partial charge is 0.327 e. The largest absolute Gasteiger partial charge is 0.480 e. The van der Waals surface area contributed by atoms with E-state index in [2.05, 4.69) is 17.5 Å². The van der Waals surface area contributed by atoms with Crippen LogP contribution >= 0.6 is 11.8 Å². The SMILES string of the molecule is CS(=O)(=O)CCCCCCCCC=CCNc1ccc(C(=O)N2CSCC2C(=O)O)cc1. The number of rotatable bonds is 14. The maximum absolute atomic E-state index is 12.6. The summed E-state index contributed by atoms with van der Waals surface area (Å²) in [6.45, 7) is 0.697. The van der Waals surface area contributed by atoms with E-state index >= 15 is 0 Å². The van der Waals surface area contributed by atoms with Crippen molar-refractivity contribution in [3.63, 3.8) is 0 Å². The average molecular weight is 483 g/mol. The second-order valence-electron chi connectivity index (χ2n) is 8.10. The van der Waals surface area contributed by atoms with Gasteiger partial charge in [0.25, 0.3) is 5.91 Å². The van der Waals surface area contributed by atoms with Crippen molar-refractivity contribution < 1.29 is 23.1 Å². The normalized spacial score (nSPS) is 16.5. The minimum absolute atomic E-state index is 0.246. The maximum Gasteiger partial charge on any atom is 0.327 e. The lowest BCUT2D eigenvalue weighted by Crippen LogP contribution is -2.41. The first-order valence-corrected chi connectivity index (χ1v) is 14.3. The maximum atomic E-state index is 12.6. The van der Waals surface area contributed by atoms with Crippen molar-refractivity contribution in [1.82, 2.24) is 4.90 Å². The van der Waals surface area contributed by atoms with Gasteiger partial charge in [-0.25, -0.2) is 13.2 Å². The third-order valence-electron chi connectivity index (χ3n) is 5.29. The van der Waals surface area contributed by atoms with Gasteiger partial charge in [-0.15, -0.1) is 11.8 Å². The van der Waals surface area contributed by atoms with Crippen LogP contribution in [-0.4, -0.2) is 66.5 Å². The van der Waals surface area contributed by atoms with Crippen molar-refractivity contribution in [3.8, 4) is 0 Å². The first-order valence-electron chi connectivity index (χ1n) is 11.1. The Morgan fingerprint density at radius 2 is 1.75 bits per heavy atom. The monoisotopic (exact) mass is 482 g/mol. The molecule has 0 aliphatic carbocycles. The van der Waals surface area contributed by atoms with Gasteiger partial charge in [-0.3, -0.25) is 4.79 Å². The first kappa shape index (κ1) is 26.3. The van der Waals surface area contributed by atoms with Crippen molar-refractivity contribution in [2.75, 3.05) is 35.5 Å². The molecule has 1 unspecified atom stereocenters. The van der Waals surface area contributed by atoms with Crippen LogP contribution in [0, 0.1) is 0 Å². The molecule has 0 bridgehead atoms. The first-order chi connectivity index (χ1) is 15.3. The molecular formula is C23H34N2O5S2. The minimum Gasteiger partial charge on any atom is -0.480 e. The molecule has 1 aromatic rings. The number of carboxylic acid groups (broad SMARTS) is 1. The van der Waals surface area contributed by atoms with Gasteiger partial charge in [-0.1, -0.05) is 37.8 Å². The standard InChI is InChI=1S/C23H34N2O5S2/c1-32(29,30)16-10-8-6-4-2-3-5-7-9-15-24-20-13-11-19(12-14-20)22(26)25-18-31-17-21(25)23(27)28/h7,9,11-14,21,24H,2-6,8,10,15-18H2,1H3,(H,27,28). The second-order valence-corrected chi connectivity index (χ2v) is 11.4. The van der Waals surface area contributed by atoms with E-state index in [0.717, 1.165) is 50.6 Å². The summed E-state index contributed by atoms with van der Waals surface area (Å²) in [5, 5.41) is 12.5. The Bertz CT molecular complexity index is 869. The number of sulfone groups is 1. The molecule has 178 valence electrons. The summed E-state index contributed by atoms with van der Waals surface area (Å²) in [5.41, 5.74) is 1.40. The number of hydrogen-bond acceptors (Lipinski definition) is 6. The Hall–Kier alpha value is -2.00. The summed E-state index contributed by atoms with van der Waals surface area (Å²) in [6, 6.07) is 6.38. The van der Waals surface area contributed by atoms with Gasteiger partial charge < -0.3 is 15.3 Å². The van der Waals surface area contributed by atoms with E-state index in [9.17, 15) is 23.1 Å². The van der Waals surface area contributed by atoms with Crippen LogP contribution in [0.15, 0.2) is 36.4 Å². The zero-order valence-corrected chi connectivity index (χ0v) is 20.3. The highest BCUT2D eigenvalue weighted by Crippen LogP contribution is 2.23. The van der Waals surface area contributed by atoms with Gasteiger partial charge in [-0.05, 0) is 43.5 Å². The fourth-order valence-corrected chi connectivity index (χ4v) is 5.33. The van der Waals surface area contributed by atoms with Gasteiger partial charge in [0.05, 0.1) is 5.88 Å². The average Bonchev–Trinajstić information content (AvgIpc) is 3.24. The van der Waals surface area contributed by atoms with Crippen molar-refractivity contribution in [2.24, 2.45) is 0 Å². The molecule has 32 heavy (non-hydrogen) atoms. The Balaban J connectivity index is 1.58. The molecule has 2 N–H and O–H groups in total. The molecule has 0 radical (unpaired) electrons. The number of amides is 1. The number of hydrogen-bond donors (Lipinski definition) is 2. The zero-order valence-electron chi connectivity index (χ0n) is 18.7. The summed E-state index contributed by atoms with van der Waals surface area (Å²) < 4.78 is 22.1. The number of allylic oxidation sites excluding steroid dienone is 1. The fraction of sp³-hybridized carbons (Fsp3) is 0.565. The highest BCUT2D eigenvalue weighted by molar-refractivity contribution is 7.99. The van der Waals surface area contributed by atoms with Crippen LogP contribution in [-0.2, 0) is 14.6 Å².